The molecule has 4 rings (SSSR count). The summed E-state index contributed by atoms with van der Waals surface area (Å²) in [4.78, 5) is 44.3. The molecule has 1 aromatic heterocycles. The van der Waals surface area contributed by atoms with Crippen LogP contribution >= 0.6 is 0 Å². The number of likely N-dealkylation sites (tertiary alicyclic amines) is 1. The smallest absolute Gasteiger partial charge is 0.252 e. The highest BCUT2D eigenvalue weighted by atomic mass is 16.2. The lowest BCUT2D eigenvalue weighted by Crippen LogP contribution is -2.41. The number of aryl methyl sites for hydroxylation is 1. The molecular weight excluding hydrogens is 354 g/mol. The Morgan fingerprint density at radius 2 is 1.71 bits per heavy atom. The van der Waals surface area contributed by atoms with Gasteiger partial charge in [0.15, 0.2) is 0 Å². The molecule has 2 atom stereocenters. The average molecular weight is 381 g/mol. The molecule has 1 saturated heterocycles. The highest BCUT2D eigenvalue weighted by Crippen LogP contribution is 2.34. The number of nitrogens with zero attached hydrogens (tertiary/aromatic N) is 3. The fourth-order valence-corrected chi connectivity index (χ4v) is 4.53. The number of pyridine rings is 1. The third-order valence-corrected chi connectivity index (χ3v) is 6.14. The van der Waals surface area contributed by atoms with Crippen molar-refractivity contribution in [3.05, 3.63) is 41.5 Å². The summed E-state index contributed by atoms with van der Waals surface area (Å²) in [5.74, 6) is -1.33. The summed E-state index contributed by atoms with van der Waals surface area (Å²) >= 11 is 0. The Morgan fingerprint density at radius 1 is 1.07 bits per heavy atom. The first-order valence-corrected chi connectivity index (χ1v) is 10.3. The van der Waals surface area contributed by atoms with Gasteiger partial charge in [-0.05, 0) is 50.3 Å². The molecule has 6 heteroatoms. The van der Waals surface area contributed by atoms with Crippen LogP contribution in [0.4, 0.5) is 0 Å². The standard InChI is InChI=1S/C22H27N3O3/c1-15-11-12-24(19(13-15)23-16-7-3-2-4-8-16)20(26)14-25-21(27)17-9-5-6-10-18(17)22(25)28/h5-6,11-13,16-18H,2-4,7-10,14H2,1H3. The van der Waals surface area contributed by atoms with Crippen molar-refractivity contribution >= 4 is 17.7 Å². The maximum absolute atomic E-state index is 13.0. The molecule has 0 radical (unpaired) electrons. The number of hydrogen-bond acceptors (Lipinski definition) is 4. The maximum atomic E-state index is 13.0. The largest absolute Gasteiger partial charge is 0.274 e. The van der Waals surface area contributed by atoms with Gasteiger partial charge in [0.05, 0.1) is 17.9 Å². The van der Waals surface area contributed by atoms with Crippen LogP contribution < -0.4 is 5.49 Å². The van der Waals surface area contributed by atoms with Crippen molar-refractivity contribution in [3.8, 4) is 0 Å². The molecule has 1 saturated carbocycles. The van der Waals surface area contributed by atoms with Crippen LogP contribution in [0.3, 0.4) is 0 Å². The van der Waals surface area contributed by atoms with Crippen LogP contribution in [0.15, 0.2) is 35.5 Å². The maximum Gasteiger partial charge on any atom is 0.252 e. The van der Waals surface area contributed by atoms with Gasteiger partial charge in [-0.15, -0.1) is 0 Å². The topological polar surface area (TPSA) is 71.7 Å². The minimum atomic E-state index is -0.306. The first kappa shape index (κ1) is 18.8. The molecule has 2 amide bonds. The van der Waals surface area contributed by atoms with Gasteiger partial charge in [0.2, 0.25) is 11.8 Å². The summed E-state index contributed by atoms with van der Waals surface area (Å²) < 4.78 is 1.50. The van der Waals surface area contributed by atoms with Gasteiger partial charge in [-0.25, -0.2) is 0 Å². The molecule has 1 aromatic rings. The Balaban J connectivity index is 1.58. The molecule has 0 bridgehead atoms. The van der Waals surface area contributed by atoms with E-state index in [9.17, 15) is 14.4 Å². The summed E-state index contributed by atoms with van der Waals surface area (Å²) in [5.41, 5.74) is 1.65. The number of imide groups is 1. The van der Waals surface area contributed by atoms with Crippen molar-refractivity contribution in [2.24, 2.45) is 16.8 Å². The minimum absolute atomic E-state index is 0.216. The zero-order valence-corrected chi connectivity index (χ0v) is 16.3. The predicted octanol–water partition coefficient (Wildman–Crippen LogP) is 2.62. The number of aromatic nitrogens is 1. The Labute approximate surface area is 164 Å². The first-order chi connectivity index (χ1) is 13.5. The quantitative estimate of drug-likeness (QED) is 0.597. The molecule has 0 N–H and O–H groups in total. The number of rotatable bonds is 3. The Morgan fingerprint density at radius 3 is 2.36 bits per heavy atom. The fraction of sp³-hybridized carbons (Fsp3) is 0.545. The second-order valence-corrected chi connectivity index (χ2v) is 8.17. The molecule has 2 aliphatic carbocycles. The van der Waals surface area contributed by atoms with Crippen LogP contribution in [-0.2, 0) is 9.59 Å². The van der Waals surface area contributed by atoms with E-state index >= 15 is 0 Å². The molecule has 3 aliphatic rings. The van der Waals surface area contributed by atoms with Gasteiger partial charge in [0.1, 0.15) is 12.0 Å². The lowest BCUT2D eigenvalue weighted by atomic mass is 9.85. The molecule has 0 spiro atoms. The van der Waals surface area contributed by atoms with Crippen LogP contribution in [0, 0.1) is 18.8 Å². The van der Waals surface area contributed by atoms with Crippen LogP contribution in [0.5, 0.6) is 0 Å². The van der Waals surface area contributed by atoms with E-state index < -0.39 is 0 Å². The normalized spacial score (nSPS) is 26.0. The van der Waals surface area contributed by atoms with E-state index in [1.807, 2.05) is 31.2 Å². The van der Waals surface area contributed by atoms with Crippen LogP contribution in [0.25, 0.3) is 0 Å². The third-order valence-electron chi connectivity index (χ3n) is 6.14. The average Bonchev–Trinajstić information content (AvgIpc) is 2.94. The number of carbonyl (C=O) groups is 3. The second-order valence-electron chi connectivity index (χ2n) is 8.17. The third kappa shape index (κ3) is 3.60. The van der Waals surface area contributed by atoms with E-state index in [4.69, 9.17) is 4.99 Å². The molecular formula is C22H27N3O3. The highest BCUT2D eigenvalue weighted by Gasteiger charge is 2.47. The molecule has 2 heterocycles. The summed E-state index contributed by atoms with van der Waals surface area (Å²) in [6.45, 7) is 1.76. The van der Waals surface area contributed by atoms with Crippen molar-refractivity contribution in [1.82, 2.24) is 9.47 Å². The van der Waals surface area contributed by atoms with Gasteiger partial charge in [-0.2, -0.15) is 0 Å². The van der Waals surface area contributed by atoms with E-state index in [1.54, 1.807) is 6.20 Å². The van der Waals surface area contributed by atoms with E-state index in [0.29, 0.717) is 18.3 Å². The summed E-state index contributed by atoms with van der Waals surface area (Å²) in [6, 6.07) is 4.00. The number of allylic oxidation sites excluding steroid dienone is 2. The van der Waals surface area contributed by atoms with Crippen molar-refractivity contribution in [2.75, 3.05) is 6.54 Å². The van der Waals surface area contributed by atoms with Crippen molar-refractivity contribution in [1.29, 1.82) is 0 Å². The van der Waals surface area contributed by atoms with Gasteiger partial charge in [-0.1, -0.05) is 31.4 Å². The van der Waals surface area contributed by atoms with Crippen LogP contribution in [0.1, 0.15) is 55.3 Å². The summed E-state index contributed by atoms with van der Waals surface area (Å²) in [6.07, 6.45) is 12.4. The molecule has 28 heavy (non-hydrogen) atoms. The molecule has 2 unspecified atom stereocenters. The molecule has 0 aromatic carbocycles. The summed E-state index contributed by atoms with van der Waals surface area (Å²) in [7, 11) is 0. The fourth-order valence-electron chi connectivity index (χ4n) is 4.53. The molecule has 6 nitrogen and oxygen atoms in total. The van der Waals surface area contributed by atoms with Gasteiger partial charge < -0.3 is 0 Å². The molecule has 2 fully saturated rings. The van der Waals surface area contributed by atoms with E-state index in [1.165, 1.54) is 23.8 Å². The second kappa shape index (κ2) is 7.86. The SMILES string of the molecule is Cc1ccn(C(=O)CN2C(=O)C3CC=CCC3C2=O)c(=NC2CCCCC2)c1. The predicted molar refractivity (Wildman–Crippen MR) is 104 cm³/mol. The zero-order chi connectivity index (χ0) is 19.7. The van der Waals surface area contributed by atoms with E-state index in [-0.39, 0.29) is 42.1 Å². The molecule has 148 valence electrons. The monoisotopic (exact) mass is 381 g/mol. The summed E-state index contributed by atoms with van der Waals surface area (Å²) in [5, 5.41) is 0. The van der Waals surface area contributed by atoms with Gasteiger partial charge in [0, 0.05) is 6.20 Å². The zero-order valence-electron chi connectivity index (χ0n) is 16.3. The van der Waals surface area contributed by atoms with E-state index in [2.05, 4.69) is 0 Å². The minimum Gasteiger partial charge on any atom is -0.274 e. The van der Waals surface area contributed by atoms with Crippen molar-refractivity contribution in [2.45, 2.75) is 57.9 Å². The van der Waals surface area contributed by atoms with Crippen LogP contribution in [0.2, 0.25) is 0 Å². The van der Waals surface area contributed by atoms with Crippen LogP contribution in [-0.4, -0.2) is 39.8 Å². The van der Waals surface area contributed by atoms with Gasteiger partial charge >= 0.3 is 0 Å². The Kier molecular flexibility index (Phi) is 5.29. The Bertz CT molecular complexity index is 867. The van der Waals surface area contributed by atoms with E-state index in [0.717, 1.165) is 23.3 Å². The lowest BCUT2D eigenvalue weighted by molar-refractivity contribution is -0.139. The number of hydrogen-bond donors (Lipinski definition) is 0. The van der Waals surface area contributed by atoms with Crippen molar-refractivity contribution < 1.29 is 14.4 Å². The Hall–Kier alpha value is -2.50. The van der Waals surface area contributed by atoms with Gasteiger partial charge in [0.25, 0.3) is 5.91 Å². The number of amides is 2. The van der Waals surface area contributed by atoms with Gasteiger partial charge in [-0.3, -0.25) is 28.8 Å². The lowest BCUT2D eigenvalue weighted by Gasteiger charge is -2.19. The van der Waals surface area contributed by atoms with Crippen molar-refractivity contribution in [3.63, 3.8) is 0 Å². The number of carbonyl (C=O) groups excluding carboxylic acids is 3. The number of fused-ring (bicyclic) bond motifs is 1. The molecule has 1 aliphatic heterocycles. The highest BCUT2D eigenvalue weighted by molar-refractivity contribution is 6.07. The first-order valence-electron chi connectivity index (χ1n) is 10.3.